The number of likely N-dealkylation sites (N-methyl/N-ethyl adjacent to an activating group) is 1. The maximum absolute atomic E-state index is 4.71. The van der Waals surface area contributed by atoms with E-state index in [0.717, 1.165) is 18.7 Å². The van der Waals surface area contributed by atoms with E-state index in [0.29, 0.717) is 6.04 Å². The van der Waals surface area contributed by atoms with Crippen LogP contribution in [0.15, 0.2) is 24.5 Å². The van der Waals surface area contributed by atoms with Crippen LogP contribution in [-0.4, -0.2) is 40.5 Å². The van der Waals surface area contributed by atoms with Crippen molar-refractivity contribution in [3.63, 3.8) is 0 Å². The molecule has 21 heavy (non-hydrogen) atoms. The van der Waals surface area contributed by atoms with Crippen LogP contribution in [-0.2, 0) is 6.54 Å². The van der Waals surface area contributed by atoms with Gasteiger partial charge in [-0.25, -0.2) is 4.98 Å². The van der Waals surface area contributed by atoms with Gasteiger partial charge in [0, 0.05) is 31.5 Å². The fourth-order valence-electron chi connectivity index (χ4n) is 3.01. The second kappa shape index (κ2) is 7.99. The third kappa shape index (κ3) is 4.10. The number of nitrogens with one attached hydrogen (secondary N) is 1. The second-order valence-corrected chi connectivity index (χ2v) is 5.53. The van der Waals surface area contributed by atoms with Crippen LogP contribution in [0.5, 0.6) is 0 Å². The molecule has 0 aliphatic carbocycles. The Bertz CT molecular complexity index is 570. The molecule has 1 fully saturated rings. The molecule has 0 aromatic carbocycles. The van der Waals surface area contributed by atoms with Gasteiger partial charge in [-0.3, -0.25) is 4.90 Å². The summed E-state index contributed by atoms with van der Waals surface area (Å²) in [7, 11) is 2.03. The molecule has 1 aliphatic rings. The first-order chi connectivity index (χ1) is 9.26. The normalized spacial score (nSPS) is 18.5. The molecule has 0 spiro atoms. The summed E-state index contributed by atoms with van der Waals surface area (Å²) in [6, 6.07) is 4.87. The number of hydrogen-bond acceptors (Lipinski definition) is 3. The first kappa shape index (κ1) is 18.2. The maximum Gasteiger partial charge on any atom is 0.137 e. The van der Waals surface area contributed by atoms with Gasteiger partial charge in [0.25, 0.3) is 0 Å². The summed E-state index contributed by atoms with van der Waals surface area (Å²) < 4.78 is 2.13. The lowest BCUT2D eigenvalue weighted by Gasteiger charge is -2.23. The minimum absolute atomic E-state index is 0. The number of pyridine rings is 1. The van der Waals surface area contributed by atoms with E-state index in [1.54, 1.807) is 0 Å². The number of nitrogens with zero attached hydrogens (tertiary/aromatic N) is 3. The summed E-state index contributed by atoms with van der Waals surface area (Å²) in [6.45, 7) is 5.35. The Kier molecular flexibility index (Phi) is 6.94. The zero-order chi connectivity index (χ0) is 13.2. The molecule has 1 saturated heterocycles. The summed E-state index contributed by atoms with van der Waals surface area (Å²) in [5.41, 5.74) is 3.49. The van der Waals surface area contributed by atoms with Gasteiger partial charge < -0.3 is 9.72 Å². The van der Waals surface area contributed by atoms with Crippen LogP contribution in [0.1, 0.15) is 24.1 Å². The monoisotopic (exact) mass is 330 g/mol. The molecule has 0 radical (unpaired) electrons. The molecule has 6 heteroatoms. The quantitative estimate of drug-likeness (QED) is 0.935. The van der Waals surface area contributed by atoms with Gasteiger partial charge in [-0.2, -0.15) is 0 Å². The fraction of sp³-hybridized carbons (Fsp3) is 0.533. The molecule has 118 valence electrons. The van der Waals surface area contributed by atoms with Crippen molar-refractivity contribution < 1.29 is 0 Å². The summed E-state index contributed by atoms with van der Waals surface area (Å²) in [5.74, 6) is 0. The maximum atomic E-state index is 4.71. The predicted octanol–water partition coefficient (Wildman–Crippen LogP) is 2.67. The second-order valence-electron chi connectivity index (χ2n) is 5.53. The van der Waals surface area contributed by atoms with Crippen LogP contribution in [0.3, 0.4) is 0 Å². The molecular formula is C15H24Cl2N4. The average Bonchev–Trinajstić information content (AvgIpc) is 2.97. The van der Waals surface area contributed by atoms with Crippen molar-refractivity contribution in [3.05, 3.63) is 35.8 Å². The number of fused-ring (bicyclic) bond motifs is 1. The molecular weight excluding hydrogens is 307 g/mol. The molecule has 3 rings (SSSR count). The number of hydrogen-bond donors (Lipinski definition) is 1. The van der Waals surface area contributed by atoms with E-state index in [1.807, 2.05) is 7.05 Å². The van der Waals surface area contributed by atoms with Gasteiger partial charge in [0.1, 0.15) is 5.65 Å². The summed E-state index contributed by atoms with van der Waals surface area (Å²) in [6.07, 6.45) is 6.91. The Hall–Kier alpha value is -0.810. The number of aromatic nitrogens is 2. The van der Waals surface area contributed by atoms with Crippen molar-refractivity contribution in [2.45, 2.75) is 32.4 Å². The molecule has 2 aromatic heterocycles. The van der Waals surface area contributed by atoms with Gasteiger partial charge in [-0.05, 0) is 45.0 Å². The average molecular weight is 331 g/mol. The lowest BCUT2D eigenvalue weighted by Crippen LogP contribution is -2.36. The number of imidazole rings is 1. The van der Waals surface area contributed by atoms with Crippen LogP contribution < -0.4 is 5.32 Å². The van der Waals surface area contributed by atoms with E-state index in [9.17, 15) is 0 Å². The molecule has 1 unspecified atom stereocenters. The molecule has 0 saturated carbocycles. The van der Waals surface area contributed by atoms with Crippen LogP contribution in [0.2, 0.25) is 0 Å². The molecule has 4 nitrogen and oxygen atoms in total. The Balaban J connectivity index is 0.00000110. The van der Waals surface area contributed by atoms with Crippen molar-refractivity contribution in [1.82, 2.24) is 19.6 Å². The van der Waals surface area contributed by atoms with Crippen molar-refractivity contribution in [2.75, 3.05) is 20.1 Å². The smallest absolute Gasteiger partial charge is 0.137 e. The van der Waals surface area contributed by atoms with Crippen molar-refractivity contribution in [2.24, 2.45) is 0 Å². The third-order valence-electron chi connectivity index (χ3n) is 3.95. The Morgan fingerprint density at radius 1 is 1.29 bits per heavy atom. The molecule has 1 aliphatic heterocycles. The lowest BCUT2D eigenvalue weighted by molar-refractivity contribution is 0.240. The Morgan fingerprint density at radius 3 is 2.86 bits per heavy atom. The number of halogens is 2. The highest BCUT2D eigenvalue weighted by molar-refractivity contribution is 5.85. The van der Waals surface area contributed by atoms with Crippen LogP contribution >= 0.6 is 24.8 Å². The molecule has 1 atom stereocenters. The molecule has 3 heterocycles. The van der Waals surface area contributed by atoms with Gasteiger partial charge in [0.05, 0.1) is 5.69 Å². The zero-order valence-electron chi connectivity index (χ0n) is 12.6. The van der Waals surface area contributed by atoms with E-state index in [1.165, 1.54) is 30.6 Å². The SMILES string of the molecule is CNCC1CCCN1Cc1cn2cc(C)ccc2n1.Cl.Cl. The van der Waals surface area contributed by atoms with Crippen molar-refractivity contribution >= 4 is 30.5 Å². The highest BCUT2D eigenvalue weighted by atomic mass is 35.5. The van der Waals surface area contributed by atoms with Crippen molar-refractivity contribution in [1.29, 1.82) is 0 Å². The number of likely N-dealkylation sites (tertiary alicyclic amines) is 1. The number of rotatable bonds is 4. The van der Waals surface area contributed by atoms with E-state index in [-0.39, 0.29) is 24.8 Å². The minimum Gasteiger partial charge on any atom is -0.318 e. The third-order valence-corrected chi connectivity index (χ3v) is 3.95. The van der Waals surface area contributed by atoms with Gasteiger partial charge in [-0.15, -0.1) is 24.8 Å². The Morgan fingerprint density at radius 2 is 2.10 bits per heavy atom. The lowest BCUT2D eigenvalue weighted by atomic mass is 10.2. The van der Waals surface area contributed by atoms with E-state index < -0.39 is 0 Å². The van der Waals surface area contributed by atoms with Gasteiger partial charge in [-0.1, -0.05) is 6.07 Å². The van der Waals surface area contributed by atoms with E-state index in [2.05, 4.69) is 46.1 Å². The van der Waals surface area contributed by atoms with Gasteiger partial charge in [0.15, 0.2) is 0 Å². The zero-order valence-corrected chi connectivity index (χ0v) is 14.2. The Labute approximate surface area is 138 Å². The van der Waals surface area contributed by atoms with E-state index in [4.69, 9.17) is 4.98 Å². The summed E-state index contributed by atoms with van der Waals surface area (Å²) in [5, 5.41) is 3.29. The molecule has 1 N–H and O–H groups in total. The fourth-order valence-corrected chi connectivity index (χ4v) is 3.01. The van der Waals surface area contributed by atoms with Gasteiger partial charge >= 0.3 is 0 Å². The van der Waals surface area contributed by atoms with Crippen LogP contribution in [0, 0.1) is 6.92 Å². The highest BCUT2D eigenvalue weighted by Crippen LogP contribution is 2.19. The summed E-state index contributed by atoms with van der Waals surface area (Å²) in [4.78, 5) is 7.26. The first-order valence-corrected chi connectivity index (χ1v) is 7.09. The number of aryl methyl sites for hydroxylation is 1. The van der Waals surface area contributed by atoms with Crippen LogP contribution in [0.4, 0.5) is 0 Å². The standard InChI is InChI=1S/C15H22N4.2ClH/c1-12-5-6-15-17-13(11-19(15)9-12)10-18-7-3-4-14(18)8-16-2;;/h5-6,9,11,14,16H,3-4,7-8,10H2,1-2H3;2*1H. The molecule has 2 aromatic rings. The summed E-state index contributed by atoms with van der Waals surface area (Å²) >= 11 is 0. The van der Waals surface area contributed by atoms with Crippen molar-refractivity contribution in [3.8, 4) is 0 Å². The minimum atomic E-state index is 0. The van der Waals surface area contributed by atoms with E-state index >= 15 is 0 Å². The highest BCUT2D eigenvalue weighted by Gasteiger charge is 2.24. The topological polar surface area (TPSA) is 32.6 Å². The van der Waals surface area contributed by atoms with Crippen LogP contribution in [0.25, 0.3) is 5.65 Å². The molecule has 0 bridgehead atoms. The largest absolute Gasteiger partial charge is 0.318 e. The molecule has 0 amide bonds. The predicted molar refractivity (Wildman–Crippen MR) is 91.8 cm³/mol. The van der Waals surface area contributed by atoms with Gasteiger partial charge in [0.2, 0.25) is 0 Å². The first-order valence-electron chi connectivity index (χ1n) is 7.09.